The number of rotatable bonds is 4. The fraction of sp³-hybridized carbons (Fsp3) is 0.500. The van der Waals surface area contributed by atoms with E-state index < -0.39 is 11.8 Å². The summed E-state index contributed by atoms with van der Waals surface area (Å²) in [7, 11) is 1.53. The lowest BCUT2D eigenvalue weighted by Gasteiger charge is -2.20. The first kappa shape index (κ1) is 17.3. The number of ether oxygens (including phenoxy) is 1. The molecule has 25 heavy (non-hydrogen) atoms. The highest BCUT2D eigenvalue weighted by molar-refractivity contribution is 6.39. The maximum Gasteiger partial charge on any atom is 0.313 e. The summed E-state index contributed by atoms with van der Waals surface area (Å²) in [5, 5.41) is 5.36. The number of hydrogen-bond donors (Lipinski definition) is 2. The Morgan fingerprint density at radius 3 is 2.56 bits per heavy atom. The number of nitrogens with zero attached hydrogens (tertiary/aromatic N) is 1. The van der Waals surface area contributed by atoms with Crippen LogP contribution in [-0.2, 0) is 14.4 Å². The molecule has 0 unspecified atom stereocenters. The average molecular weight is 345 g/mol. The van der Waals surface area contributed by atoms with Crippen molar-refractivity contribution in [2.24, 2.45) is 0 Å². The molecule has 7 heteroatoms. The highest BCUT2D eigenvalue weighted by Gasteiger charge is 2.26. The Bertz CT molecular complexity index is 683. The van der Waals surface area contributed by atoms with E-state index in [-0.39, 0.29) is 11.9 Å². The summed E-state index contributed by atoms with van der Waals surface area (Å²) in [5.41, 5.74) is 1.07. The number of carbonyl (C=O) groups excluding carboxylic acids is 3. The second kappa shape index (κ2) is 7.55. The summed E-state index contributed by atoms with van der Waals surface area (Å²) >= 11 is 0. The van der Waals surface area contributed by atoms with E-state index in [4.69, 9.17) is 4.74 Å². The standard InChI is InChI=1S/C18H23N3O4/c1-25-15-9-8-13(11-14(15)21-10-4-7-16(21)22)20-18(24)17(23)19-12-5-2-3-6-12/h8-9,11-12H,2-7,10H2,1H3,(H,19,23)(H,20,24). The average Bonchev–Trinajstić information content (AvgIpc) is 3.26. The molecule has 1 saturated carbocycles. The SMILES string of the molecule is COc1ccc(NC(=O)C(=O)NC2CCCC2)cc1N1CCCC1=O. The van der Waals surface area contributed by atoms with E-state index in [9.17, 15) is 14.4 Å². The summed E-state index contributed by atoms with van der Waals surface area (Å²) in [5.74, 6) is -0.735. The van der Waals surface area contributed by atoms with E-state index in [0.717, 1.165) is 32.1 Å². The van der Waals surface area contributed by atoms with Gasteiger partial charge in [0.2, 0.25) is 5.91 Å². The van der Waals surface area contributed by atoms with Crippen LogP contribution >= 0.6 is 0 Å². The number of hydrogen-bond acceptors (Lipinski definition) is 4. The predicted molar refractivity (Wildman–Crippen MR) is 93.6 cm³/mol. The van der Waals surface area contributed by atoms with Crippen LogP contribution in [0.1, 0.15) is 38.5 Å². The molecular weight excluding hydrogens is 322 g/mol. The van der Waals surface area contributed by atoms with E-state index >= 15 is 0 Å². The van der Waals surface area contributed by atoms with Gasteiger partial charge in [-0.3, -0.25) is 14.4 Å². The van der Waals surface area contributed by atoms with Gasteiger partial charge in [0.1, 0.15) is 5.75 Å². The van der Waals surface area contributed by atoms with Crippen molar-refractivity contribution in [3.05, 3.63) is 18.2 Å². The van der Waals surface area contributed by atoms with E-state index in [0.29, 0.717) is 30.1 Å². The Hall–Kier alpha value is -2.57. The van der Waals surface area contributed by atoms with E-state index in [2.05, 4.69) is 10.6 Å². The molecule has 3 rings (SSSR count). The number of benzene rings is 1. The van der Waals surface area contributed by atoms with Gasteiger partial charge in [-0.1, -0.05) is 12.8 Å². The molecule has 0 aromatic heterocycles. The van der Waals surface area contributed by atoms with Crippen LogP contribution in [0.2, 0.25) is 0 Å². The normalized spacial score (nSPS) is 17.6. The minimum atomic E-state index is -0.698. The van der Waals surface area contributed by atoms with Gasteiger partial charge in [-0.25, -0.2) is 0 Å². The van der Waals surface area contributed by atoms with Crippen molar-refractivity contribution in [3.8, 4) is 5.75 Å². The molecule has 3 amide bonds. The monoisotopic (exact) mass is 345 g/mol. The summed E-state index contributed by atoms with van der Waals surface area (Å²) in [6.07, 6.45) is 5.30. The molecule has 1 aliphatic carbocycles. The maximum atomic E-state index is 12.1. The molecular formula is C18H23N3O4. The van der Waals surface area contributed by atoms with Crippen LogP contribution < -0.4 is 20.3 Å². The van der Waals surface area contributed by atoms with Crippen LogP contribution in [0, 0.1) is 0 Å². The Labute approximate surface area is 146 Å². The van der Waals surface area contributed by atoms with Gasteiger partial charge < -0.3 is 20.3 Å². The molecule has 1 aromatic carbocycles. The van der Waals surface area contributed by atoms with Crippen molar-refractivity contribution >= 4 is 29.1 Å². The van der Waals surface area contributed by atoms with E-state index in [1.54, 1.807) is 23.1 Å². The van der Waals surface area contributed by atoms with E-state index in [1.807, 2.05) is 0 Å². The highest BCUT2D eigenvalue weighted by Crippen LogP contribution is 2.34. The molecule has 0 spiro atoms. The van der Waals surface area contributed by atoms with Crippen LogP contribution in [0.25, 0.3) is 0 Å². The smallest absolute Gasteiger partial charge is 0.313 e. The quantitative estimate of drug-likeness (QED) is 0.815. The second-order valence-corrected chi connectivity index (χ2v) is 6.44. The predicted octanol–water partition coefficient (Wildman–Crippen LogP) is 1.82. The molecule has 2 aliphatic rings. The third-order valence-electron chi connectivity index (χ3n) is 4.70. The zero-order valence-corrected chi connectivity index (χ0v) is 14.3. The lowest BCUT2D eigenvalue weighted by atomic mass is 10.2. The van der Waals surface area contributed by atoms with E-state index in [1.165, 1.54) is 7.11 Å². The van der Waals surface area contributed by atoms with Gasteiger partial charge in [-0.05, 0) is 37.5 Å². The lowest BCUT2D eigenvalue weighted by molar-refractivity contribution is -0.136. The first-order chi connectivity index (χ1) is 12.1. The molecule has 1 saturated heterocycles. The Morgan fingerprint density at radius 2 is 1.92 bits per heavy atom. The fourth-order valence-electron chi connectivity index (χ4n) is 3.39. The second-order valence-electron chi connectivity index (χ2n) is 6.44. The maximum absolute atomic E-state index is 12.1. The molecule has 0 radical (unpaired) electrons. The van der Waals surface area contributed by atoms with Gasteiger partial charge in [-0.2, -0.15) is 0 Å². The van der Waals surface area contributed by atoms with Crippen molar-refractivity contribution in [2.45, 2.75) is 44.6 Å². The van der Waals surface area contributed by atoms with Gasteiger partial charge in [-0.15, -0.1) is 0 Å². The number of nitrogens with one attached hydrogen (secondary N) is 2. The van der Waals surface area contributed by atoms with Gasteiger partial charge in [0.25, 0.3) is 0 Å². The third-order valence-corrected chi connectivity index (χ3v) is 4.70. The van der Waals surface area contributed by atoms with Gasteiger partial charge in [0, 0.05) is 24.7 Å². The Kier molecular flexibility index (Phi) is 5.21. The highest BCUT2D eigenvalue weighted by atomic mass is 16.5. The molecule has 0 atom stereocenters. The summed E-state index contributed by atoms with van der Waals surface area (Å²) in [4.78, 5) is 37.8. The molecule has 0 bridgehead atoms. The third kappa shape index (κ3) is 3.92. The Balaban J connectivity index is 1.70. The molecule has 134 valence electrons. The molecule has 1 aromatic rings. The zero-order valence-electron chi connectivity index (χ0n) is 14.3. The van der Waals surface area contributed by atoms with Crippen LogP contribution in [0.3, 0.4) is 0 Å². The molecule has 1 aliphatic heterocycles. The largest absolute Gasteiger partial charge is 0.495 e. The summed E-state index contributed by atoms with van der Waals surface area (Å²) < 4.78 is 5.32. The van der Waals surface area contributed by atoms with Crippen molar-refractivity contribution in [1.82, 2.24) is 5.32 Å². The van der Waals surface area contributed by atoms with Gasteiger partial charge >= 0.3 is 11.8 Å². The van der Waals surface area contributed by atoms with Crippen molar-refractivity contribution in [3.63, 3.8) is 0 Å². The molecule has 2 fully saturated rings. The first-order valence-corrected chi connectivity index (χ1v) is 8.68. The Morgan fingerprint density at radius 1 is 1.16 bits per heavy atom. The molecule has 2 N–H and O–H groups in total. The molecule has 1 heterocycles. The topological polar surface area (TPSA) is 87.7 Å². The zero-order chi connectivity index (χ0) is 17.8. The number of carbonyl (C=O) groups is 3. The first-order valence-electron chi connectivity index (χ1n) is 8.68. The minimum absolute atomic E-state index is 0.0285. The number of methoxy groups -OCH3 is 1. The van der Waals surface area contributed by atoms with Gasteiger partial charge in [0.15, 0.2) is 0 Å². The van der Waals surface area contributed by atoms with Crippen LogP contribution in [0.5, 0.6) is 5.75 Å². The van der Waals surface area contributed by atoms with Crippen molar-refractivity contribution < 1.29 is 19.1 Å². The lowest BCUT2D eigenvalue weighted by Crippen LogP contribution is -2.40. The van der Waals surface area contributed by atoms with Crippen molar-refractivity contribution in [1.29, 1.82) is 0 Å². The van der Waals surface area contributed by atoms with Crippen LogP contribution in [-0.4, -0.2) is 37.4 Å². The fourth-order valence-corrected chi connectivity index (χ4v) is 3.39. The van der Waals surface area contributed by atoms with Crippen LogP contribution in [0.15, 0.2) is 18.2 Å². The number of amides is 3. The summed E-state index contributed by atoms with van der Waals surface area (Å²) in [6, 6.07) is 5.10. The summed E-state index contributed by atoms with van der Waals surface area (Å²) in [6.45, 7) is 0.620. The van der Waals surface area contributed by atoms with Gasteiger partial charge in [0.05, 0.1) is 12.8 Å². The molecule has 7 nitrogen and oxygen atoms in total. The van der Waals surface area contributed by atoms with Crippen molar-refractivity contribution in [2.75, 3.05) is 23.9 Å². The van der Waals surface area contributed by atoms with Crippen LogP contribution in [0.4, 0.5) is 11.4 Å². The minimum Gasteiger partial charge on any atom is -0.495 e. The number of anilines is 2.